The van der Waals surface area contributed by atoms with Crippen LogP contribution in [-0.4, -0.2) is 33.0 Å². The molecule has 1 unspecified atom stereocenters. The molecule has 2 aromatic carbocycles. The molecule has 0 saturated heterocycles. The van der Waals surface area contributed by atoms with Crippen molar-refractivity contribution in [1.29, 1.82) is 0 Å². The third kappa shape index (κ3) is 3.19. The molecule has 3 rings (SSSR count). The van der Waals surface area contributed by atoms with E-state index in [9.17, 15) is 26.3 Å². The second-order valence-electron chi connectivity index (χ2n) is 6.67. The van der Waals surface area contributed by atoms with Gasteiger partial charge in [0.25, 0.3) is 0 Å². The standard InChI is InChI=1S/C18H15BF6Si/c1-9-15(17(20,21)22)14-12(26(2)3)8-10-6-4-5-7-11(10)13(14)16(9)19-18(23,24)25/h4-9H,1-3H3. The van der Waals surface area contributed by atoms with Gasteiger partial charge in [0.05, 0.1) is 0 Å². The predicted molar refractivity (Wildman–Crippen MR) is 94.4 cm³/mol. The zero-order chi connectivity index (χ0) is 19.4. The number of fused-ring (bicyclic) bond motifs is 3. The van der Waals surface area contributed by atoms with Crippen LogP contribution in [0.15, 0.2) is 30.3 Å². The van der Waals surface area contributed by atoms with Gasteiger partial charge >= 0.3 is 148 Å². The van der Waals surface area contributed by atoms with Crippen molar-refractivity contribution < 1.29 is 26.3 Å². The average Bonchev–Trinajstić information content (AvgIpc) is 2.77. The first-order chi connectivity index (χ1) is 11.9. The van der Waals surface area contributed by atoms with Crippen LogP contribution in [0.4, 0.5) is 26.3 Å². The monoisotopic (exact) mass is 384 g/mol. The van der Waals surface area contributed by atoms with Crippen LogP contribution < -0.4 is 5.22 Å². The van der Waals surface area contributed by atoms with E-state index in [2.05, 4.69) is 0 Å². The van der Waals surface area contributed by atoms with Gasteiger partial charge in [0.2, 0.25) is 0 Å². The predicted octanol–water partition coefficient (Wildman–Crippen LogP) is 4.53. The van der Waals surface area contributed by atoms with Crippen molar-refractivity contribution in [3.63, 3.8) is 0 Å². The molecule has 0 spiro atoms. The Bertz CT molecular complexity index is 1040. The molecule has 2 aromatic rings. The summed E-state index contributed by atoms with van der Waals surface area (Å²) in [6.45, 7) is 4.93. The Labute approximate surface area is 148 Å². The third-order valence-corrected chi connectivity index (χ3v) is 6.14. The van der Waals surface area contributed by atoms with Gasteiger partial charge < -0.3 is 0 Å². The zero-order valence-electron chi connectivity index (χ0n) is 14.3. The normalized spacial score (nSPS) is 19.0. The Morgan fingerprint density at radius 2 is 1.62 bits per heavy atom. The molecule has 1 atom stereocenters. The van der Waals surface area contributed by atoms with E-state index in [0.717, 1.165) is 0 Å². The van der Waals surface area contributed by atoms with Gasteiger partial charge in [-0.2, -0.15) is 0 Å². The van der Waals surface area contributed by atoms with Crippen molar-refractivity contribution >= 4 is 37.1 Å². The molecule has 26 heavy (non-hydrogen) atoms. The Morgan fingerprint density at radius 1 is 1.00 bits per heavy atom. The number of rotatable bonds is 0. The first-order valence-electron chi connectivity index (χ1n) is 8.02. The van der Waals surface area contributed by atoms with Crippen molar-refractivity contribution in [3.8, 4) is 0 Å². The SMILES string of the molecule is CC1C(=BC(F)(F)F)c2c(c(=[Si](C)C)cc3ccccc23)=C1C(F)(F)F. The maximum atomic E-state index is 13.8. The van der Waals surface area contributed by atoms with Crippen LogP contribution >= 0.6 is 0 Å². The van der Waals surface area contributed by atoms with Crippen LogP contribution in [0.5, 0.6) is 0 Å². The number of hydrogen-bond acceptors (Lipinski definition) is 0. The van der Waals surface area contributed by atoms with Gasteiger partial charge in [-0.05, 0) is 0 Å². The summed E-state index contributed by atoms with van der Waals surface area (Å²) in [5.74, 6) is -1.36. The number of hydrogen-bond donors (Lipinski definition) is 0. The number of alkyl halides is 6. The molecule has 0 bridgehead atoms. The summed E-state index contributed by atoms with van der Waals surface area (Å²) in [5, 5.41) is 1.05. The first kappa shape index (κ1) is 19.1. The summed E-state index contributed by atoms with van der Waals surface area (Å²) in [4.78, 5) is 0.522. The van der Waals surface area contributed by atoms with Crippen molar-refractivity contribution in [3.05, 3.63) is 45.9 Å². The summed E-state index contributed by atoms with van der Waals surface area (Å²) in [7, 11) is -1.34. The summed E-state index contributed by atoms with van der Waals surface area (Å²) in [6, 6.07) is 8.39. The van der Waals surface area contributed by atoms with E-state index in [1.165, 1.54) is 6.92 Å². The summed E-state index contributed by atoms with van der Waals surface area (Å²) in [6.07, 6.45) is -9.38. The fraction of sp³-hybridized carbons (Fsp3) is 0.333. The van der Waals surface area contributed by atoms with Gasteiger partial charge in [-0.25, -0.2) is 0 Å². The van der Waals surface area contributed by atoms with Gasteiger partial charge in [-0.1, -0.05) is 0 Å². The fourth-order valence-electron chi connectivity index (χ4n) is 3.67. The third-order valence-electron chi connectivity index (χ3n) is 4.67. The second-order valence-corrected chi connectivity index (χ2v) is 9.21. The molecule has 136 valence electrons. The molecule has 0 radical (unpaired) electrons. The molecule has 1 aliphatic carbocycles. The van der Waals surface area contributed by atoms with E-state index in [-0.39, 0.29) is 23.2 Å². The topological polar surface area (TPSA) is 0 Å². The van der Waals surface area contributed by atoms with Crippen molar-refractivity contribution in [2.75, 3.05) is 0 Å². The van der Waals surface area contributed by atoms with Crippen LogP contribution in [0.25, 0.3) is 16.3 Å². The molecular weight excluding hydrogens is 369 g/mol. The van der Waals surface area contributed by atoms with Crippen molar-refractivity contribution in [2.45, 2.75) is 32.3 Å². The molecule has 1 aliphatic rings. The molecule has 0 aromatic heterocycles. The molecule has 0 saturated carbocycles. The summed E-state index contributed by atoms with van der Waals surface area (Å²) in [5.41, 5.74) is -1.09. The van der Waals surface area contributed by atoms with Gasteiger partial charge in [0.1, 0.15) is 0 Å². The van der Waals surface area contributed by atoms with Crippen LogP contribution in [0.2, 0.25) is 13.1 Å². The van der Waals surface area contributed by atoms with Crippen LogP contribution in [-0.2, 0) is 0 Å². The Hall–Kier alpha value is -1.70. The summed E-state index contributed by atoms with van der Waals surface area (Å²) < 4.78 is 80.7. The molecule has 0 N–H and O–H groups in total. The second kappa shape index (κ2) is 6.18. The van der Waals surface area contributed by atoms with E-state index in [1.807, 2.05) is 13.1 Å². The van der Waals surface area contributed by atoms with Crippen LogP contribution in [0.1, 0.15) is 12.5 Å². The Balaban J connectivity index is 2.66. The Kier molecular flexibility index (Phi) is 4.53. The summed E-state index contributed by atoms with van der Waals surface area (Å²) >= 11 is 0. The minimum atomic E-state index is -4.69. The molecule has 0 aliphatic heterocycles. The van der Waals surface area contributed by atoms with E-state index >= 15 is 0 Å². The number of halogens is 6. The van der Waals surface area contributed by atoms with Gasteiger partial charge in [-0.3, -0.25) is 0 Å². The first-order valence-corrected chi connectivity index (χ1v) is 10.5. The van der Waals surface area contributed by atoms with E-state index in [1.54, 1.807) is 30.3 Å². The van der Waals surface area contributed by atoms with Crippen LogP contribution in [0.3, 0.4) is 0 Å². The molecule has 0 nitrogen and oxygen atoms in total. The molecule has 0 heterocycles. The van der Waals surface area contributed by atoms with Gasteiger partial charge in [0.15, 0.2) is 0 Å². The number of benzene rings is 2. The van der Waals surface area contributed by atoms with E-state index in [4.69, 9.17) is 0 Å². The van der Waals surface area contributed by atoms with Crippen LogP contribution in [0, 0.1) is 10.7 Å². The van der Waals surface area contributed by atoms with E-state index in [0.29, 0.717) is 15.6 Å². The molecule has 0 amide bonds. The zero-order valence-corrected chi connectivity index (χ0v) is 15.3. The molecular formula is C18H15BF6Si. The molecule has 0 fully saturated rings. The maximum absolute atomic E-state index is 13.8. The Morgan fingerprint density at radius 3 is 2.15 bits per heavy atom. The van der Waals surface area contributed by atoms with E-state index < -0.39 is 32.2 Å². The minimum absolute atomic E-state index is 0.0309. The quantitative estimate of drug-likeness (QED) is 0.463. The average molecular weight is 384 g/mol. The van der Waals surface area contributed by atoms with Crippen molar-refractivity contribution in [1.82, 2.24) is 0 Å². The van der Waals surface area contributed by atoms with Gasteiger partial charge in [0, 0.05) is 0 Å². The van der Waals surface area contributed by atoms with Gasteiger partial charge in [-0.15, -0.1) is 0 Å². The molecule has 8 heteroatoms. The van der Waals surface area contributed by atoms with Crippen molar-refractivity contribution in [2.24, 2.45) is 5.92 Å². The fourth-order valence-corrected chi connectivity index (χ4v) is 4.87.